The monoisotopic (exact) mass is 324 g/mol. The molecule has 23 heavy (non-hydrogen) atoms. The first-order chi connectivity index (χ1) is 11.3. The molecule has 6 heteroatoms. The van der Waals surface area contributed by atoms with Crippen molar-refractivity contribution in [2.24, 2.45) is 0 Å². The fourth-order valence-corrected chi connectivity index (χ4v) is 3.08. The molecule has 4 rings (SSSR count). The van der Waals surface area contributed by atoms with Gasteiger partial charge in [-0.3, -0.25) is 0 Å². The molecule has 4 aromatic rings. The number of halogens is 1. The zero-order valence-electron chi connectivity index (χ0n) is 12.1. The van der Waals surface area contributed by atoms with Crippen molar-refractivity contribution in [1.29, 1.82) is 0 Å². The quantitative estimate of drug-likeness (QED) is 0.573. The van der Waals surface area contributed by atoms with E-state index in [1.54, 1.807) is 30.1 Å². The van der Waals surface area contributed by atoms with Gasteiger partial charge in [0, 0.05) is 18.1 Å². The number of hydrogen-bond donors (Lipinski definition) is 1. The number of nitrogens with zero attached hydrogens (tertiary/aromatic N) is 3. The Balaban J connectivity index is 1.48. The Kier molecular flexibility index (Phi) is 3.59. The fraction of sp³-hybridized carbons (Fsp3) is 0.0588. The van der Waals surface area contributed by atoms with Crippen molar-refractivity contribution in [2.45, 2.75) is 10.9 Å². The summed E-state index contributed by atoms with van der Waals surface area (Å²) in [6.07, 6.45) is 5.77. The van der Waals surface area contributed by atoms with Crippen LogP contribution < -0.4 is 0 Å². The molecule has 0 aliphatic carbocycles. The lowest BCUT2D eigenvalue weighted by atomic mass is 10.2. The molecule has 0 spiro atoms. The maximum Gasteiger partial charge on any atom is 0.166 e. The minimum absolute atomic E-state index is 0.241. The third-order valence-corrected chi connectivity index (χ3v) is 4.40. The maximum atomic E-state index is 13.0. The van der Waals surface area contributed by atoms with Gasteiger partial charge in [-0.25, -0.2) is 14.4 Å². The molecule has 0 bridgehead atoms. The molecule has 0 atom stereocenters. The van der Waals surface area contributed by atoms with Gasteiger partial charge < -0.3 is 9.38 Å². The van der Waals surface area contributed by atoms with Crippen molar-refractivity contribution in [2.75, 3.05) is 0 Å². The fourth-order valence-electron chi connectivity index (χ4n) is 2.35. The Morgan fingerprint density at radius 1 is 1.13 bits per heavy atom. The van der Waals surface area contributed by atoms with Gasteiger partial charge in [-0.15, -0.1) is 0 Å². The van der Waals surface area contributed by atoms with E-state index in [0.717, 1.165) is 33.5 Å². The summed E-state index contributed by atoms with van der Waals surface area (Å²) in [6, 6.07) is 12.3. The van der Waals surface area contributed by atoms with Crippen molar-refractivity contribution >= 4 is 17.4 Å². The van der Waals surface area contributed by atoms with Gasteiger partial charge in [0.15, 0.2) is 5.16 Å². The van der Waals surface area contributed by atoms with E-state index in [9.17, 15) is 4.39 Å². The molecular weight excluding hydrogens is 311 g/mol. The van der Waals surface area contributed by atoms with Crippen molar-refractivity contribution in [3.05, 3.63) is 72.6 Å². The second-order valence-corrected chi connectivity index (χ2v) is 6.06. The van der Waals surface area contributed by atoms with Gasteiger partial charge in [-0.1, -0.05) is 17.8 Å². The van der Waals surface area contributed by atoms with Crippen LogP contribution in [0.15, 0.2) is 66.2 Å². The number of aromatic nitrogens is 4. The maximum absolute atomic E-state index is 13.0. The molecule has 0 aliphatic heterocycles. The zero-order valence-corrected chi connectivity index (χ0v) is 12.9. The van der Waals surface area contributed by atoms with Crippen LogP contribution in [0.4, 0.5) is 4.39 Å². The van der Waals surface area contributed by atoms with E-state index in [1.807, 2.05) is 35.0 Å². The average Bonchev–Trinajstić information content (AvgIpc) is 3.20. The van der Waals surface area contributed by atoms with Crippen LogP contribution in [-0.4, -0.2) is 19.4 Å². The summed E-state index contributed by atoms with van der Waals surface area (Å²) < 4.78 is 15.0. The summed E-state index contributed by atoms with van der Waals surface area (Å²) in [4.78, 5) is 12.2. The Morgan fingerprint density at radius 2 is 2.00 bits per heavy atom. The van der Waals surface area contributed by atoms with Gasteiger partial charge in [0.1, 0.15) is 11.5 Å². The summed E-state index contributed by atoms with van der Waals surface area (Å²) in [6.45, 7) is 0. The highest BCUT2D eigenvalue weighted by Gasteiger charge is 2.06. The first-order valence-electron chi connectivity index (χ1n) is 7.14. The van der Waals surface area contributed by atoms with Crippen molar-refractivity contribution in [3.63, 3.8) is 0 Å². The van der Waals surface area contributed by atoms with Crippen LogP contribution in [0.2, 0.25) is 0 Å². The number of aromatic amines is 1. The molecule has 1 N–H and O–H groups in total. The normalized spacial score (nSPS) is 11.2. The van der Waals surface area contributed by atoms with Gasteiger partial charge in [-0.05, 0) is 42.0 Å². The highest BCUT2D eigenvalue weighted by atomic mass is 32.2. The van der Waals surface area contributed by atoms with Crippen LogP contribution in [-0.2, 0) is 5.75 Å². The minimum Gasteiger partial charge on any atom is -0.333 e. The van der Waals surface area contributed by atoms with Crippen molar-refractivity contribution in [1.82, 2.24) is 19.4 Å². The molecule has 0 fully saturated rings. The standard InChI is InChI=1S/C17H13FN4S/c18-13-6-4-12(5-7-13)15-9-19-17(21-15)23-11-14-10-22-8-2-1-3-16(22)20-14/h1-10H,11H2,(H,19,21). The molecule has 4 nitrogen and oxygen atoms in total. The van der Waals surface area contributed by atoms with Crippen LogP contribution >= 0.6 is 11.8 Å². The van der Waals surface area contributed by atoms with Gasteiger partial charge in [0.25, 0.3) is 0 Å². The largest absolute Gasteiger partial charge is 0.333 e. The third kappa shape index (κ3) is 2.98. The number of fused-ring (bicyclic) bond motifs is 1. The second-order valence-electron chi connectivity index (χ2n) is 5.10. The van der Waals surface area contributed by atoms with E-state index in [1.165, 1.54) is 12.1 Å². The van der Waals surface area contributed by atoms with E-state index in [4.69, 9.17) is 0 Å². The number of imidazole rings is 2. The van der Waals surface area contributed by atoms with Gasteiger partial charge in [0.2, 0.25) is 0 Å². The Morgan fingerprint density at radius 3 is 2.83 bits per heavy atom. The first-order valence-corrected chi connectivity index (χ1v) is 8.13. The van der Waals surface area contributed by atoms with Crippen LogP contribution in [0.25, 0.3) is 16.9 Å². The lowest BCUT2D eigenvalue weighted by Crippen LogP contribution is -1.82. The number of thioether (sulfide) groups is 1. The number of benzene rings is 1. The molecule has 114 valence electrons. The van der Waals surface area contributed by atoms with Gasteiger partial charge in [-0.2, -0.15) is 0 Å². The van der Waals surface area contributed by atoms with Gasteiger partial charge in [0.05, 0.1) is 17.6 Å². The number of rotatable bonds is 4. The molecule has 1 aromatic carbocycles. The Labute approximate surface area is 136 Å². The van der Waals surface area contributed by atoms with E-state index in [-0.39, 0.29) is 5.82 Å². The number of H-pyrrole nitrogens is 1. The molecule has 3 aromatic heterocycles. The van der Waals surface area contributed by atoms with Gasteiger partial charge >= 0.3 is 0 Å². The Hall–Kier alpha value is -2.60. The SMILES string of the molecule is Fc1ccc(-c2cnc(SCc3cn4ccccc4n3)[nH]2)cc1. The second kappa shape index (κ2) is 5.89. The minimum atomic E-state index is -0.241. The van der Waals surface area contributed by atoms with Crippen LogP contribution in [0, 0.1) is 5.82 Å². The lowest BCUT2D eigenvalue weighted by Gasteiger charge is -1.97. The topological polar surface area (TPSA) is 46.0 Å². The summed E-state index contributed by atoms with van der Waals surface area (Å²) >= 11 is 1.59. The molecule has 3 heterocycles. The molecule has 0 unspecified atom stereocenters. The summed E-state index contributed by atoms with van der Waals surface area (Å²) in [5.41, 5.74) is 3.73. The molecule has 0 saturated carbocycles. The highest BCUT2D eigenvalue weighted by molar-refractivity contribution is 7.98. The smallest absolute Gasteiger partial charge is 0.166 e. The van der Waals surface area contributed by atoms with Crippen LogP contribution in [0.3, 0.4) is 0 Å². The van der Waals surface area contributed by atoms with E-state index < -0.39 is 0 Å². The third-order valence-electron chi connectivity index (χ3n) is 3.48. The van der Waals surface area contributed by atoms with E-state index >= 15 is 0 Å². The predicted octanol–water partition coefficient (Wildman–Crippen LogP) is 4.16. The lowest BCUT2D eigenvalue weighted by molar-refractivity contribution is 0.628. The average molecular weight is 324 g/mol. The molecule has 0 aliphatic rings. The number of hydrogen-bond acceptors (Lipinski definition) is 3. The zero-order chi connectivity index (χ0) is 15.6. The predicted molar refractivity (Wildman–Crippen MR) is 88.7 cm³/mol. The van der Waals surface area contributed by atoms with Crippen molar-refractivity contribution < 1.29 is 4.39 Å². The molecule has 0 saturated heterocycles. The highest BCUT2D eigenvalue weighted by Crippen LogP contribution is 2.24. The van der Waals surface area contributed by atoms with Crippen LogP contribution in [0.1, 0.15) is 5.69 Å². The number of pyridine rings is 1. The first kappa shape index (κ1) is 14.0. The van der Waals surface area contributed by atoms with E-state index in [0.29, 0.717) is 0 Å². The molecule has 0 amide bonds. The molecular formula is C17H13FN4S. The summed E-state index contributed by atoms with van der Waals surface area (Å²) in [5.74, 6) is 0.493. The summed E-state index contributed by atoms with van der Waals surface area (Å²) in [5, 5.41) is 0.821. The Bertz CT molecular complexity index is 910. The van der Waals surface area contributed by atoms with E-state index in [2.05, 4.69) is 15.0 Å². The van der Waals surface area contributed by atoms with Crippen molar-refractivity contribution in [3.8, 4) is 11.3 Å². The summed E-state index contributed by atoms with van der Waals surface area (Å²) in [7, 11) is 0. The number of nitrogens with one attached hydrogen (secondary N) is 1. The molecule has 0 radical (unpaired) electrons. The van der Waals surface area contributed by atoms with Crippen LogP contribution in [0.5, 0.6) is 0 Å².